The highest BCUT2D eigenvalue weighted by atomic mass is 79.9. The summed E-state index contributed by atoms with van der Waals surface area (Å²) in [5.41, 5.74) is 8.68. The second kappa shape index (κ2) is 4.70. The predicted octanol–water partition coefficient (Wildman–Crippen LogP) is 4.18. The van der Waals surface area contributed by atoms with Gasteiger partial charge < -0.3 is 5.73 Å². The molecule has 1 unspecified atom stereocenters. The SMILES string of the molecule is Cc1cccc(C(N)c2cc(Br)c(C)s2)c1. The Morgan fingerprint density at radius 1 is 1.25 bits per heavy atom. The number of rotatable bonds is 2. The molecule has 0 amide bonds. The molecule has 0 spiro atoms. The fourth-order valence-corrected chi connectivity index (χ4v) is 3.25. The fraction of sp³-hybridized carbons (Fsp3) is 0.231. The fourth-order valence-electron chi connectivity index (χ4n) is 1.66. The molecular weight excluding hydrogens is 282 g/mol. The molecule has 1 nitrogen and oxygen atoms in total. The Morgan fingerprint density at radius 3 is 2.56 bits per heavy atom. The van der Waals surface area contributed by atoms with E-state index in [0.717, 1.165) is 4.47 Å². The zero-order valence-electron chi connectivity index (χ0n) is 9.33. The number of aryl methyl sites for hydroxylation is 2. The summed E-state index contributed by atoms with van der Waals surface area (Å²) in [7, 11) is 0. The van der Waals surface area contributed by atoms with Gasteiger partial charge in [0.1, 0.15) is 0 Å². The highest BCUT2D eigenvalue weighted by Gasteiger charge is 2.12. The molecule has 1 atom stereocenters. The Hall–Kier alpha value is -0.640. The lowest BCUT2D eigenvalue weighted by molar-refractivity contribution is 0.891. The number of halogens is 1. The molecule has 0 radical (unpaired) electrons. The van der Waals surface area contributed by atoms with Gasteiger partial charge in [-0.2, -0.15) is 0 Å². The van der Waals surface area contributed by atoms with Gasteiger partial charge in [0.15, 0.2) is 0 Å². The Kier molecular flexibility index (Phi) is 3.47. The van der Waals surface area contributed by atoms with E-state index in [1.54, 1.807) is 11.3 Å². The maximum Gasteiger partial charge on any atom is 0.0646 e. The number of hydrogen-bond donors (Lipinski definition) is 1. The number of nitrogens with two attached hydrogens (primary N) is 1. The standard InChI is InChI=1S/C13H14BrNS/c1-8-4-3-5-10(6-8)13(15)12-7-11(14)9(2)16-12/h3-7,13H,15H2,1-2H3. The topological polar surface area (TPSA) is 26.0 Å². The van der Waals surface area contributed by atoms with Crippen LogP contribution in [-0.4, -0.2) is 0 Å². The quantitative estimate of drug-likeness (QED) is 0.884. The molecule has 1 heterocycles. The van der Waals surface area contributed by atoms with Crippen molar-refractivity contribution in [1.29, 1.82) is 0 Å². The van der Waals surface area contributed by atoms with Crippen LogP contribution in [-0.2, 0) is 0 Å². The van der Waals surface area contributed by atoms with Crippen LogP contribution in [0, 0.1) is 13.8 Å². The van der Waals surface area contributed by atoms with Crippen LogP contribution in [0.15, 0.2) is 34.8 Å². The van der Waals surface area contributed by atoms with Crippen molar-refractivity contribution in [2.75, 3.05) is 0 Å². The first-order valence-electron chi connectivity index (χ1n) is 5.16. The molecule has 2 rings (SSSR count). The van der Waals surface area contributed by atoms with E-state index in [2.05, 4.69) is 60.1 Å². The van der Waals surface area contributed by atoms with Gasteiger partial charge in [0, 0.05) is 14.2 Å². The summed E-state index contributed by atoms with van der Waals surface area (Å²) in [5.74, 6) is 0. The molecule has 16 heavy (non-hydrogen) atoms. The molecule has 3 heteroatoms. The van der Waals surface area contributed by atoms with Gasteiger partial charge in [-0.1, -0.05) is 29.8 Å². The molecule has 0 saturated heterocycles. The van der Waals surface area contributed by atoms with Gasteiger partial charge in [-0.3, -0.25) is 0 Å². The largest absolute Gasteiger partial charge is 0.320 e. The third kappa shape index (κ3) is 2.37. The minimum absolute atomic E-state index is 0.0186. The summed E-state index contributed by atoms with van der Waals surface area (Å²) in [5, 5.41) is 0. The van der Waals surface area contributed by atoms with Crippen molar-refractivity contribution in [2.45, 2.75) is 19.9 Å². The third-order valence-electron chi connectivity index (χ3n) is 2.58. The van der Waals surface area contributed by atoms with Crippen LogP contribution in [0.2, 0.25) is 0 Å². The Balaban J connectivity index is 2.35. The average molecular weight is 296 g/mol. The van der Waals surface area contributed by atoms with Crippen LogP contribution in [0.5, 0.6) is 0 Å². The molecule has 1 aromatic carbocycles. The van der Waals surface area contributed by atoms with E-state index >= 15 is 0 Å². The van der Waals surface area contributed by atoms with E-state index in [1.165, 1.54) is 20.9 Å². The van der Waals surface area contributed by atoms with Crippen molar-refractivity contribution >= 4 is 27.3 Å². The van der Waals surface area contributed by atoms with Crippen LogP contribution in [0.3, 0.4) is 0 Å². The van der Waals surface area contributed by atoms with Gasteiger partial charge in [0.25, 0.3) is 0 Å². The van der Waals surface area contributed by atoms with Crippen LogP contribution in [0.4, 0.5) is 0 Å². The molecule has 0 aliphatic heterocycles. The molecule has 0 aliphatic carbocycles. The highest BCUT2D eigenvalue weighted by molar-refractivity contribution is 9.10. The zero-order valence-corrected chi connectivity index (χ0v) is 11.7. The molecule has 2 aromatic rings. The highest BCUT2D eigenvalue weighted by Crippen LogP contribution is 2.32. The van der Waals surface area contributed by atoms with Crippen LogP contribution in [0.25, 0.3) is 0 Å². The maximum absolute atomic E-state index is 6.26. The van der Waals surface area contributed by atoms with E-state index in [4.69, 9.17) is 5.73 Å². The van der Waals surface area contributed by atoms with Crippen molar-refractivity contribution in [1.82, 2.24) is 0 Å². The van der Waals surface area contributed by atoms with E-state index in [9.17, 15) is 0 Å². The minimum Gasteiger partial charge on any atom is -0.320 e. The first-order valence-corrected chi connectivity index (χ1v) is 6.77. The van der Waals surface area contributed by atoms with Crippen molar-refractivity contribution in [3.05, 3.63) is 55.7 Å². The van der Waals surface area contributed by atoms with Gasteiger partial charge in [-0.15, -0.1) is 11.3 Å². The normalized spacial score (nSPS) is 12.8. The monoisotopic (exact) mass is 295 g/mol. The smallest absolute Gasteiger partial charge is 0.0646 e. The van der Waals surface area contributed by atoms with Crippen LogP contribution >= 0.6 is 27.3 Å². The third-order valence-corrected chi connectivity index (χ3v) is 4.80. The van der Waals surface area contributed by atoms with E-state index in [-0.39, 0.29) is 6.04 Å². The van der Waals surface area contributed by atoms with E-state index in [1.807, 2.05) is 0 Å². The minimum atomic E-state index is -0.0186. The van der Waals surface area contributed by atoms with Crippen LogP contribution in [0.1, 0.15) is 26.9 Å². The Morgan fingerprint density at radius 2 is 2.00 bits per heavy atom. The zero-order chi connectivity index (χ0) is 11.7. The molecule has 0 aliphatic rings. The molecule has 1 aromatic heterocycles. The molecule has 84 valence electrons. The molecule has 2 N–H and O–H groups in total. The van der Waals surface area contributed by atoms with Gasteiger partial charge in [0.05, 0.1) is 6.04 Å². The predicted molar refractivity (Wildman–Crippen MR) is 74.0 cm³/mol. The Labute approximate surface area is 108 Å². The number of benzene rings is 1. The summed E-state index contributed by atoms with van der Waals surface area (Å²) in [6.07, 6.45) is 0. The first kappa shape index (κ1) is 11.8. The van der Waals surface area contributed by atoms with Gasteiger partial charge in [-0.25, -0.2) is 0 Å². The van der Waals surface area contributed by atoms with Crippen molar-refractivity contribution < 1.29 is 0 Å². The van der Waals surface area contributed by atoms with Crippen molar-refractivity contribution in [3.8, 4) is 0 Å². The van der Waals surface area contributed by atoms with E-state index in [0.29, 0.717) is 0 Å². The van der Waals surface area contributed by atoms with Gasteiger partial charge >= 0.3 is 0 Å². The average Bonchev–Trinajstić information content (AvgIpc) is 2.58. The number of hydrogen-bond acceptors (Lipinski definition) is 2. The Bertz CT molecular complexity index is 485. The van der Waals surface area contributed by atoms with Crippen molar-refractivity contribution in [3.63, 3.8) is 0 Å². The lowest BCUT2D eigenvalue weighted by Crippen LogP contribution is -2.10. The molecule has 0 bridgehead atoms. The summed E-state index contributed by atoms with van der Waals surface area (Å²) < 4.78 is 1.15. The van der Waals surface area contributed by atoms with Crippen LogP contribution < -0.4 is 5.73 Å². The van der Waals surface area contributed by atoms with Gasteiger partial charge in [0.2, 0.25) is 0 Å². The molecule has 0 fully saturated rings. The number of thiophene rings is 1. The van der Waals surface area contributed by atoms with Gasteiger partial charge in [-0.05, 0) is 41.4 Å². The summed E-state index contributed by atoms with van der Waals surface area (Å²) in [4.78, 5) is 2.48. The summed E-state index contributed by atoms with van der Waals surface area (Å²) in [6, 6.07) is 10.5. The lowest BCUT2D eigenvalue weighted by atomic mass is 10.0. The second-order valence-corrected chi connectivity index (χ2v) is 6.09. The lowest BCUT2D eigenvalue weighted by Gasteiger charge is -2.10. The summed E-state index contributed by atoms with van der Waals surface area (Å²) >= 11 is 5.28. The van der Waals surface area contributed by atoms with Crippen molar-refractivity contribution in [2.24, 2.45) is 5.73 Å². The summed E-state index contributed by atoms with van der Waals surface area (Å²) in [6.45, 7) is 4.19. The first-order chi connectivity index (χ1) is 7.58. The maximum atomic E-state index is 6.26. The second-order valence-electron chi connectivity index (χ2n) is 3.94. The molecule has 0 saturated carbocycles. The van der Waals surface area contributed by atoms with E-state index < -0.39 is 0 Å². The molecular formula is C13H14BrNS.